The first-order valence-corrected chi connectivity index (χ1v) is 8.50. The minimum absolute atomic E-state index is 0.201. The van der Waals surface area contributed by atoms with E-state index in [4.69, 9.17) is 11.6 Å². The molecular weight excluding hydrogens is 353 g/mol. The van der Waals surface area contributed by atoms with Gasteiger partial charge in [-0.25, -0.2) is 9.37 Å². The van der Waals surface area contributed by atoms with Crippen molar-refractivity contribution in [2.24, 2.45) is 0 Å². The molecule has 4 nitrogen and oxygen atoms in total. The smallest absolute Gasteiger partial charge is 0.256 e. The van der Waals surface area contributed by atoms with E-state index in [0.29, 0.717) is 34.9 Å². The lowest BCUT2D eigenvalue weighted by molar-refractivity contribution is 0.102. The molecule has 0 unspecified atom stereocenters. The summed E-state index contributed by atoms with van der Waals surface area (Å²) >= 11 is 5.81. The second kappa shape index (κ2) is 8.45. The van der Waals surface area contributed by atoms with Crippen molar-refractivity contribution in [1.82, 2.24) is 4.98 Å². The summed E-state index contributed by atoms with van der Waals surface area (Å²) in [5.41, 5.74) is 1.97. The molecule has 0 aliphatic heterocycles. The fourth-order valence-electron chi connectivity index (χ4n) is 2.40. The summed E-state index contributed by atoms with van der Waals surface area (Å²) in [6.45, 7) is 0.582. The molecule has 0 fully saturated rings. The largest absolute Gasteiger partial charge is 0.383 e. The third-order valence-corrected chi connectivity index (χ3v) is 4.04. The molecule has 1 aromatic heterocycles. The van der Waals surface area contributed by atoms with E-state index < -0.39 is 0 Å². The topological polar surface area (TPSA) is 54.0 Å². The minimum atomic E-state index is -0.255. The van der Waals surface area contributed by atoms with Crippen LogP contribution in [0, 0.1) is 5.82 Å². The van der Waals surface area contributed by atoms with Gasteiger partial charge in [-0.3, -0.25) is 4.79 Å². The lowest BCUT2D eigenvalue weighted by atomic mass is 10.1. The van der Waals surface area contributed by atoms with Gasteiger partial charge in [-0.15, -0.1) is 0 Å². The summed E-state index contributed by atoms with van der Waals surface area (Å²) in [7, 11) is 0. The molecule has 0 bridgehead atoms. The van der Waals surface area contributed by atoms with Crippen LogP contribution in [0.15, 0.2) is 66.9 Å². The van der Waals surface area contributed by atoms with E-state index in [1.807, 2.05) is 12.1 Å². The maximum atomic E-state index is 13.6. The van der Waals surface area contributed by atoms with E-state index >= 15 is 0 Å². The second-order valence-electron chi connectivity index (χ2n) is 5.66. The van der Waals surface area contributed by atoms with Crippen LogP contribution in [0.4, 0.5) is 15.9 Å². The molecule has 0 aliphatic rings. The monoisotopic (exact) mass is 369 g/mol. The molecule has 132 valence electrons. The SMILES string of the molecule is O=C(Nc1ccc(NCCc2ccccc2F)cn1)c1ccc(Cl)cc1. The van der Waals surface area contributed by atoms with Crippen molar-refractivity contribution in [2.45, 2.75) is 6.42 Å². The summed E-state index contributed by atoms with van der Waals surface area (Å²) in [5.74, 6) is -0.00767. The number of pyridine rings is 1. The van der Waals surface area contributed by atoms with Gasteiger partial charge in [0.25, 0.3) is 5.91 Å². The first-order valence-electron chi connectivity index (χ1n) is 8.12. The van der Waals surface area contributed by atoms with Crippen molar-refractivity contribution in [3.8, 4) is 0 Å². The zero-order valence-electron chi connectivity index (χ0n) is 13.9. The van der Waals surface area contributed by atoms with Crippen LogP contribution in [0.1, 0.15) is 15.9 Å². The van der Waals surface area contributed by atoms with Crippen LogP contribution in [-0.4, -0.2) is 17.4 Å². The zero-order valence-corrected chi connectivity index (χ0v) is 14.6. The van der Waals surface area contributed by atoms with E-state index in [1.54, 1.807) is 48.7 Å². The van der Waals surface area contributed by atoms with Crippen molar-refractivity contribution >= 4 is 29.0 Å². The Morgan fingerprint density at radius 1 is 1.04 bits per heavy atom. The molecule has 1 heterocycles. The van der Waals surface area contributed by atoms with Crippen molar-refractivity contribution < 1.29 is 9.18 Å². The summed E-state index contributed by atoms with van der Waals surface area (Å²) in [6.07, 6.45) is 2.19. The van der Waals surface area contributed by atoms with Gasteiger partial charge in [-0.2, -0.15) is 0 Å². The molecule has 3 aromatic rings. The van der Waals surface area contributed by atoms with Crippen LogP contribution in [0.25, 0.3) is 0 Å². The summed E-state index contributed by atoms with van der Waals surface area (Å²) in [5, 5.41) is 6.48. The van der Waals surface area contributed by atoms with Gasteiger partial charge in [-0.05, 0) is 54.4 Å². The summed E-state index contributed by atoms with van der Waals surface area (Å²) in [6, 6.07) is 16.8. The number of carbonyl (C=O) groups excluding carboxylic acids is 1. The fraction of sp³-hybridized carbons (Fsp3) is 0.100. The van der Waals surface area contributed by atoms with Crippen LogP contribution < -0.4 is 10.6 Å². The number of aromatic nitrogens is 1. The molecule has 0 saturated heterocycles. The number of amides is 1. The number of nitrogens with zero attached hydrogens (tertiary/aromatic N) is 1. The lowest BCUT2D eigenvalue weighted by Crippen LogP contribution is -2.13. The number of hydrogen-bond donors (Lipinski definition) is 2. The van der Waals surface area contributed by atoms with Gasteiger partial charge in [0.2, 0.25) is 0 Å². The second-order valence-corrected chi connectivity index (χ2v) is 6.10. The molecule has 2 N–H and O–H groups in total. The highest BCUT2D eigenvalue weighted by Gasteiger charge is 2.07. The van der Waals surface area contributed by atoms with Gasteiger partial charge in [-0.1, -0.05) is 29.8 Å². The maximum absolute atomic E-state index is 13.6. The van der Waals surface area contributed by atoms with Gasteiger partial charge >= 0.3 is 0 Å². The molecule has 26 heavy (non-hydrogen) atoms. The number of hydrogen-bond acceptors (Lipinski definition) is 3. The Bertz CT molecular complexity index is 882. The van der Waals surface area contributed by atoms with Crippen LogP contribution in [0.5, 0.6) is 0 Å². The normalized spacial score (nSPS) is 10.4. The van der Waals surface area contributed by atoms with E-state index in [1.165, 1.54) is 6.07 Å². The average molecular weight is 370 g/mol. The number of anilines is 2. The van der Waals surface area contributed by atoms with Gasteiger partial charge in [0.15, 0.2) is 0 Å². The highest BCUT2D eigenvalue weighted by atomic mass is 35.5. The van der Waals surface area contributed by atoms with Crippen molar-refractivity contribution in [3.05, 3.63) is 88.8 Å². The van der Waals surface area contributed by atoms with Crippen LogP contribution in [0.3, 0.4) is 0 Å². The van der Waals surface area contributed by atoms with Gasteiger partial charge < -0.3 is 10.6 Å². The molecule has 1 amide bonds. The first kappa shape index (κ1) is 17.9. The third kappa shape index (κ3) is 4.80. The Morgan fingerprint density at radius 3 is 2.50 bits per heavy atom. The Hall–Kier alpha value is -2.92. The van der Waals surface area contributed by atoms with Gasteiger partial charge in [0.1, 0.15) is 11.6 Å². The van der Waals surface area contributed by atoms with E-state index in [0.717, 1.165) is 5.69 Å². The summed E-state index contributed by atoms with van der Waals surface area (Å²) in [4.78, 5) is 16.3. The van der Waals surface area contributed by atoms with Gasteiger partial charge in [0.05, 0.1) is 11.9 Å². The van der Waals surface area contributed by atoms with Crippen LogP contribution >= 0.6 is 11.6 Å². The zero-order chi connectivity index (χ0) is 18.4. The van der Waals surface area contributed by atoms with Crippen LogP contribution in [-0.2, 0) is 6.42 Å². The highest BCUT2D eigenvalue weighted by molar-refractivity contribution is 6.30. The average Bonchev–Trinajstić information content (AvgIpc) is 2.65. The molecule has 6 heteroatoms. The lowest BCUT2D eigenvalue weighted by Gasteiger charge is -2.08. The fourth-order valence-corrected chi connectivity index (χ4v) is 2.53. The molecule has 3 rings (SSSR count). The standard InChI is InChI=1S/C20H17ClFN3O/c21-16-7-5-15(6-8-16)20(26)25-19-10-9-17(13-24-19)23-12-11-14-3-1-2-4-18(14)22/h1-10,13,23H,11-12H2,(H,24,25,26). The predicted molar refractivity (Wildman–Crippen MR) is 102 cm³/mol. The predicted octanol–water partition coefficient (Wildman–Crippen LogP) is 4.78. The van der Waals surface area contributed by atoms with Gasteiger partial charge in [0, 0.05) is 17.1 Å². The maximum Gasteiger partial charge on any atom is 0.256 e. The third-order valence-electron chi connectivity index (χ3n) is 3.79. The quantitative estimate of drug-likeness (QED) is 0.657. The first-order chi connectivity index (χ1) is 12.6. The summed E-state index contributed by atoms with van der Waals surface area (Å²) < 4.78 is 13.6. The van der Waals surface area contributed by atoms with Crippen molar-refractivity contribution in [3.63, 3.8) is 0 Å². The Morgan fingerprint density at radius 2 is 1.81 bits per heavy atom. The Kier molecular flexibility index (Phi) is 5.81. The number of halogens is 2. The van der Waals surface area contributed by atoms with E-state index in [-0.39, 0.29) is 11.7 Å². The molecule has 0 radical (unpaired) electrons. The highest BCUT2D eigenvalue weighted by Crippen LogP contribution is 2.14. The minimum Gasteiger partial charge on any atom is -0.383 e. The molecule has 0 saturated carbocycles. The molecule has 0 spiro atoms. The van der Waals surface area contributed by atoms with E-state index in [9.17, 15) is 9.18 Å². The number of carbonyl (C=O) groups is 1. The number of benzene rings is 2. The van der Waals surface area contributed by atoms with E-state index in [2.05, 4.69) is 15.6 Å². The molecule has 0 atom stereocenters. The van der Waals surface area contributed by atoms with Crippen molar-refractivity contribution in [2.75, 3.05) is 17.2 Å². The number of nitrogens with one attached hydrogen (secondary N) is 2. The Balaban J connectivity index is 1.52. The Labute approximate surface area is 156 Å². The molecule has 0 aliphatic carbocycles. The van der Waals surface area contributed by atoms with Crippen molar-refractivity contribution in [1.29, 1.82) is 0 Å². The van der Waals surface area contributed by atoms with Crippen LogP contribution in [0.2, 0.25) is 5.02 Å². The molecule has 2 aromatic carbocycles. The molecular formula is C20H17ClFN3O. The number of rotatable bonds is 6.